The van der Waals surface area contributed by atoms with Crippen molar-refractivity contribution in [2.45, 2.75) is 18.8 Å². The van der Waals surface area contributed by atoms with Crippen LogP contribution in [0.15, 0.2) is 60.7 Å². The minimum absolute atomic E-state index is 0.0147. The summed E-state index contributed by atoms with van der Waals surface area (Å²) in [6.45, 7) is 0.402. The van der Waals surface area contributed by atoms with Crippen LogP contribution in [-0.2, 0) is 0 Å². The van der Waals surface area contributed by atoms with Crippen LogP contribution in [0.5, 0.6) is 5.75 Å². The van der Waals surface area contributed by atoms with E-state index < -0.39 is 28.5 Å². The zero-order valence-corrected chi connectivity index (χ0v) is 19.7. The molecule has 10 heteroatoms. The second-order valence-electron chi connectivity index (χ2n) is 9.26. The number of non-ortho nitro benzene ring substituents is 1. The average molecular weight is 509 g/mol. The molecule has 3 aromatic carbocycles. The van der Waals surface area contributed by atoms with Crippen molar-refractivity contribution >= 4 is 22.7 Å². The second-order valence-corrected chi connectivity index (χ2v) is 9.26. The Bertz CT molecular complexity index is 1480. The molecule has 4 aromatic rings. The van der Waals surface area contributed by atoms with Crippen molar-refractivity contribution in [1.82, 2.24) is 9.88 Å². The van der Waals surface area contributed by atoms with Crippen molar-refractivity contribution < 1.29 is 27.6 Å². The number of halogens is 3. The van der Waals surface area contributed by atoms with Gasteiger partial charge in [-0.15, -0.1) is 0 Å². The Hall–Kier alpha value is -4.34. The highest BCUT2D eigenvalue weighted by molar-refractivity contribution is 5.92. The van der Waals surface area contributed by atoms with E-state index >= 15 is 0 Å². The predicted molar refractivity (Wildman–Crippen MR) is 131 cm³/mol. The Morgan fingerprint density at radius 1 is 1.05 bits per heavy atom. The van der Waals surface area contributed by atoms with E-state index in [2.05, 4.69) is 4.98 Å². The van der Waals surface area contributed by atoms with E-state index in [0.717, 1.165) is 11.6 Å². The Morgan fingerprint density at radius 2 is 1.73 bits per heavy atom. The van der Waals surface area contributed by atoms with E-state index in [-0.39, 0.29) is 28.8 Å². The summed E-state index contributed by atoms with van der Waals surface area (Å²) in [5, 5.41) is 11.2. The second kappa shape index (κ2) is 9.61. The van der Waals surface area contributed by atoms with Gasteiger partial charge in [-0.05, 0) is 78.3 Å². The van der Waals surface area contributed by atoms with Crippen LogP contribution in [0.2, 0.25) is 0 Å². The molecular weight excluding hydrogens is 487 g/mol. The Labute approximate surface area is 209 Å². The molecule has 1 aliphatic carbocycles. The van der Waals surface area contributed by atoms with Gasteiger partial charge >= 0.3 is 6.09 Å². The molecule has 1 amide bonds. The van der Waals surface area contributed by atoms with Gasteiger partial charge in [-0.1, -0.05) is 0 Å². The Morgan fingerprint density at radius 3 is 2.38 bits per heavy atom. The van der Waals surface area contributed by atoms with Crippen LogP contribution in [-0.4, -0.2) is 34.5 Å². The number of aromatic amines is 1. The van der Waals surface area contributed by atoms with Gasteiger partial charge in [0.05, 0.1) is 16.1 Å². The lowest BCUT2D eigenvalue weighted by molar-refractivity contribution is -0.384. The van der Waals surface area contributed by atoms with Gasteiger partial charge in [-0.2, -0.15) is 0 Å². The van der Waals surface area contributed by atoms with Crippen molar-refractivity contribution in [3.63, 3.8) is 0 Å². The minimum atomic E-state index is -0.700. The van der Waals surface area contributed by atoms with Gasteiger partial charge in [0, 0.05) is 37.2 Å². The van der Waals surface area contributed by atoms with Gasteiger partial charge in [0.1, 0.15) is 23.2 Å². The lowest BCUT2D eigenvalue weighted by atomic mass is 9.70. The van der Waals surface area contributed by atoms with Gasteiger partial charge < -0.3 is 14.6 Å². The van der Waals surface area contributed by atoms with Crippen LogP contribution in [0.25, 0.3) is 22.2 Å². The van der Waals surface area contributed by atoms with Gasteiger partial charge in [0.25, 0.3) is 5.69 Å². The number of nitrogens with one attached hydrogen (secondary N) is 1. The summed E-state index contributed by atoms with van der Waals surface area (Å²) in [5.74, 6) is -1.47. The molecule has 37 heavy (non-hydrogen) atoms. The summed E-state index contributed by atoms with van der Waals surface area (Å²) < 4.78 is 47.5. The third-order valence-corrected chi connectivity index (χ3v) is 6.74. The molecule has 1 N–H and O–H groups in total. The van der Waals surface area contributed by atoms with E-state index in [1.54, 1.807) is 19.2 Å². The topological polar surface area (TPSA) is 88.5 Å². The first-order chi connectivity index (χ1) is 17.7. The van der Waals surface area contributed by atoms with Crippen molar-refractivity contribution in [3.05, 3.63) is 93.8 Å². The molecular formula is C27H22F3N3O4. The zero-order chi connectivity index (χ0) is 26.3. The van der Waals surface area contributed by atoms with Gasteiger partial charge in [-0.3, -0.25) is 10.1 Å². The van der Waals surface area contributed by atoms with Crippen molar-refractivity contribution in [2.75, 3.05) is 13.6 Å². The van der Waals surface area contributed by atoms with Crippen LogP contribution in [0.4, 0.5) is 23.7 Å². The van der Waals surface area contributed by atoms with E-state index in [1.807, 2.05) is 0 Å². The molecule has 1 fully saturated rings. The maximum atomic E-state index is 14.6. The number of ether oxygens (including phenoxy) is 1. The lowest BCUT2D eigenvalue weighted by Crippen LogP contribution is -2.38. The Balaban J connectivity index is 1.30. The molecule has 0 saturated heterocycles. The molecule has 1 saturated carbocycles. The number of nitro groups is 1. The number of aromatic nitrogens is 1. The molecule has 1 aliphatic rings. The highest BCUT2D eigenvalue weighted by atomic mass is 19.1. The number of benzene rings is 3. The number of nitro benzene ring substituents is 1. The maximum absolute atomic E-state index is 14.6. The summed E-state index contributed by atoms with van der Waals surface area (Å²) in [4.78, 5) is 27.2. The molecule has 0 aliphatic heterocycles. The normalized spacial score (nSPS) is 16.9. The average Bonchev–Trinajstić information content (AvgIpc) is 3.21. The largest absolute Gasteiger partial charge is 0.414 e. The smallest absolute Gasteiger partial charge is 0.410 e. The molecule has 5 rings (SSSR count). The fraction of sp³-hybridized carbons (Fsp3) is 0.222. The summed E-state index contributed by atoms with van der Waals surface area (Å²) in [6.07, 6.45) is 0.753. The van der Waals surface area contributed by atoms with E-state index in [4.69, 9.17) is 4.74 Å². The summed E-state index contributed by atoms with van der Waals surface area (Å²) in [7, 11) is 1.60. The number of rotatable bonds is 6. The first-order valence-corrected chi connectivity index (χ1v) is 11.6. The van der Waals surface area contributed by atoms with E-state index in [1.165, 1.54) is 47.4 Å². The fourth-order valence-corrected chi connectivity index (χ4v) is 4.91. The Kier molecular flexibility index (Phi) is 6.32. The number of fused-ring (bicyclic) bond motifs is 1. The zero-order valence-electron chi connectivity index (χ0n) is 19.7. The number of hydrogen-bond donors (Lipinski definition) is 1. The van der Waals surface area contributed by atoms with Gasteiger partial charge in [0.15, 0.2) is 0 Å². The first-order valence-electron chi connectivity index (χ1n) is 11.6. The lowest BCUT2D eigenvalue weighted by Gasteiger charge is -2.38. The standard InChI is InChI=1S/C27H22F3N3O4/c1-32(27(34)37-21-8-6-20(7-9-21)33(35)36)14-15-10-17(11-15)24-22-12-19(29)13-23(30)26(22)31-25(24)16-2-4-18(28)5-3-16/h2-9,12-13,15,17,31H,10-11,14H2,1H3. The molecule has 1 aromatic heterocycles. The van der Waals surface area contributed by atoms with Crippen molar-refractivity contribution in [1.29, 1.82) is 0 Å². The highest BCUT2D eigenvalue weighted by Gasteiger charge is 2.36. The molecule has 1 heterocycles. The maximum Gasteiger partial charge on any atom is 0.414 e. The molecule has 0 radical (unpaired) electrons. The highest BCUT2D eigenvalue weighted by Crippen LogP contribution is 2.48. The molecule has 0 unspecified atom stereocenters. The molecule has 0 bridgehead atoms. The first kappa shape index (κ1) is 24.4. The SMILES string of the molecule is CN(CC1CC(c2c(-c3ccc(F)cc3)[nH]c3c(F)cc(F)cc23)C1)C(=O)Oc1ccc([N+](=O)[O-])cc1. The fourth-order valence-electron chi connectivity index (χ4n) is 4.91. The van der Waals surface area contributed by atoms with Gasteiger partial charge in [0.2, 0.25) is 0 Å². The molecule has 190 valence electrons. The van der Waals surface area contributed by atoms with Crippen molar-refractivity contribution in [3.8, 4) is 17.0 Å². The quantitative estimate of drug-likeness (QED) is 0.229. The number of hydrogen-bond acceptors (Lipinski definition) is 4. The van der Waals surface area contributed by atoms with Crippen LogP contribution in [0.3, 0.4) is 0 Å². The molecule has 7 nitrogen and oxygen atoms in total. The number of carbonyl (C=O) groups is 1. The monoisotopic (exact) mass is 509 g/mol. The number of amides is 1. The molecule has 0 spiro atoms. The predicted octanol–water partition coefficient (Wildman–Crippen LogP) is 6.78. The van der Waals surface area contributed by atoms with E-state index in [9.17, 15) is 28.1 Å². The summed E-state index contributed by atoms with van der Waals surface area (Å²) in [6, 6.07) is 13.2. The third kappa shape index (κ3) is 4.87. The van der Waals surface area contributed by atoms with E-state index in [0.29, 0.717) is 36.0 Å². The van der Waals surface area contributed by atoms with Crippen LogP contribution >= 0.6 is 0 Å². The minimum Gasteiger partial charge on any atom is -0.410 e. The van der Waals surface area contributed by atoms with Crippen LogP contribution in [0, 0.1) is 33.5 Å². The number of carbonyl (C=O) groups excluding carboxylic acids is 1. The third-order valence-electron chi connectivity index (χ3n) is 6.74. The molecule has 0 atom stereocenters. The van der Waals surface area contributed by atoms with Crippen LogP contribution < -0.4 is 4.74 Å². The van der Waals surface area contributed by atoms with Crippen molar-refractivity contribution in [2.24, 2.45) is 5.92 Å². The van der Waals surface area contributed by atoms with Crippen LogP contribution in [0.1, 0.15) is 24.3 Å². The summed E-state index contributed by atoms with van der Waals surface area (Å²) in [5.41, 5.74) is 2.15. The number of H-pyrrole nitrogens is 1. The van der Waals surface area contributed by atoms with Gasteiger partial charge in [-0.25, -0.2) is 18.0 Å². The summed E-state index contributed by atoms with van der Waals surface area (Å²) >= 11 is 0. The number of nitrogens with zero attached hydrogens (tertiary/aromatic N) is 2.